The molecule has 122 valence electrons. The maximum atomic E-state index is 12.0. The van der Waals surface area contributed by atoms with Crippen LogP contribution in [0.3, 0.4) is 0 Å². The molecule has 1 aliphatic heterocycles. The number of hydrogen-bond acceptors (Lipinski definition) is 4. The highest BCUT2D eigenvalue weighted by molar-refractivity contribution is 7.22. The van der Waals surface area contributed by atoms with E-state index in [0.29, 0.717) is 6.54 Å². The molecular weight excluding hydrogens is 308 g/mol. The Hall–Kier alpha value is -2.08. The standard InChI is InChI=1S/C17H22N4OS/c1-4-5-18-16(22)20-6-8-21(9-7-20)17-19-15-13(3)10-12(2)11-14(15)23-17/h4,10-11H,1,5-9H2,2-3H3,(H,18,22). The third-order valence-electron chi connectivity index (χ3n) is 4.05. The number of thiazole rings is 1. The number of rotatable bonds is 3. The lowest BCUT2D eigenvalue weighted by Crippen LogP contribution is -2.51. The second kappa shape index (κ2) is 6.58. The molecule has 1 aromatic carbocycles. The van der Waals surface area contributed by atoms with Gasteiger partial charge in [0.25, 0.3) is 0 Å². The molecule has 1 saturated heterocycles. The van der Waals surface area contributed by atoms with Crippen LogP contribution in [-0.4, -0.2) is 48.6 Å². The van der Waals surface area contributed by atoms with Gasteiger partial charge in [0.05, 0.1) is 10.2 Å². The van der Waals surface area contributed by atoms with Crippen molar-refractivity contribution in [2.24, 2.45) is 0 Å². The number of carbonyl (C=O) groups excluding carboxylic acids is 1. The molecule has 0 saturated carbocycles. The van der Waals surface area contributed by atoms with E-state index in [0.717, 1.165) is 36.8 Å². The van der Waals surface area contributed by atoms with Crippen molar-refractivity contribution in [3.05, 3.63) is 35.9 Å². The largest absolute Gasteiger partial charge is 0.345 e. The van der Waals surface area contributed by atoms with Crippen LogP contribution in [0.5, 0.6) is 0 Å². The van der Waals surface area contributed by atoms with Crippen LogP contribution in [0.15, 0.2) is 24.8 Å². The molecule has 2 amide bonds. The van der Waals surface area contributed by atoms with Gasteiger partial charge in [-0.3, -0.25) is 0 Å². The van der Waals surface area contributed by atoms with Crippen LogP contribution in [0.25, 0.3) is 10.2 Å². The first-order chi connectivity index (χ1) is 11.1. The second-order valence-corrected chi connectivity index (χ2v) is 6.88. The highest BCUT2D eigenvalue weighted by Crippen LogP contribution is 2.32. The number of amides is 2. The average molecular weight is 330 g/mol. The Morgan fingerprint density at radius 1 is 1.35 bits per heavy atom. The summed E-state index contributed by atoms with van der Waals surface area (Å²) in [6, 6.07) is 4.36. The highest BCUT2D eigenvalue weighted by atomic mass is 32.1. The monoisotopic (exact) mass is 330 g/mol. The molecule has 5 nitrogen and oxygen atoms in total. The highest BCUT2D eigenvalue weighted by Gasteiger charge is 2.23. The molecule has 0 radical (unpaired) electrons. The predicted octanol–water partition coefficient (Wildman–Crippen LogP) is 2.93. The summed E-state index contributed by atoms with van der Waals surface area (Å²) in [4.78, 5) is 20.9. The number of carbonyl (C=O) groups is 1. The number of hydrogen-bond donors (Lipinski definition) is 1. The number of piperazine rings is 1. The summed E-state index contributed by atoms with van der Waals surface area (Å²) in [5.41, 5.74) is 3.60. The molecule has 3 rings (SSSR count). The van der Waals surface area contributed by atoms with E-state index in [9.17, 15) is 4.79 Å². The molecule has 0 atom stereocenters. The van der Waals surface area contributed by atoms with Gasteiger partial charge in [-0.2, -0.15) is 0 Å². The van der Waals surface area contributed by atoms with E-state index in [-0.39, 0.29) is 6.03 Å². The molecule has 6 heteroatoms. The minimum Gasteiger partial charge on any atom is -0.345 e. The van der Waals surface area contributed by atoms with Gasteiger partial charge in [0, 0.05) is 32.7 Å². The van der Waals surface area contributed by atoms with E-state index in [4.69, 9.17) is 4.98 Å². The molecule has 1 aromatic heterocycles. The lowest BCUT2D eigenvalue weighted by atomic mass is 10.1. The molecular formula is C17H22N4OS. The Labute approximate surface area is 140 Å². The normalized spacial score (nSPS) is 15.0. The minimum atomic E-state index is -0.0136. The molecule has 23 heavy (non-hydrogen) atoms. The third kappa shape index (κ3) is 3.32. The molecule has 1 N–H and O–H groups in total. The van der Waals surface area contributed by atoms with Crippen molar-refractivity contribution in [3.8, 4) is 0 Å². The number of aromatic nitrogens is 1. The first kappa shape index (κ1) is 15.8. The van der Waals surface area contributed by atoms with E-state index < -0.39 is 0 Å². The van der Waals surface area contributed by atoms with Crippen LogP contribution in [0, 0.1) is 13.8 Å². The number of fused-ring (bicyclic) bond motifs is 1. The minimum absolute atomic E-state index is 0.0136. The van der Waals surface area contributed by atoms with Gasteiger partial charge in [-0.1, -0.05) is 23.5 Å². The summed E-state index contributed by atoms with van der Waals surface area (Å²) in [6.07, 6.45) is 1.69. The van der Waals surface area contributed by atoms with Crippen molar-refractivity contribution in [1.29, 1.82) is 0 Å². The molecule has 1 aliphatic rings. The number of benzene rings is 1. The van der Waals surface area contributed by atoms with Gasteiger partial charge in [0.2, 0.25) is 0 Å². The van der Waals surface area contributed by atoms with Gasteiger partial charge in [-0.15, -0.1) is 6.58 Å². The van der Waals surface area contributed by atoms with Crippen molar-refractivity contribution >= 4 is 32.7 Å². The summed E-state index contributed by atoms with van der Waals surface area (Å²) in [7, 11) is 0. The van der Waals surface area contributed by atoms with Crippen LogP contribution in [0.4, 0.5) is 9.93 Å². The van der Waals surface area contributed by atoms with Crippen molar-refractivity contribution in [3.63, 3.8) is 0 Å². The molecule has 0 aliphatic carbocycles. The SMILES string of the molecule is C=CCNC(=O)N1CCN(c2nc3c(C)cc(C)cc3s2)CC1. The van der Waals surface area contributed by atoms with Crippen molar-refractivity contribution in [2.75, 3.05) is 37.6 Å². The van der Waals surface area contributed by atoms with Crippen molar-refractivity contribution in [1.82, 2.24) is 15.2 Å². The fourth-order valence-corrected chi connectivity index (χ4v) is 4.06. The fourth-order valence-electron chi connectivity index (χ4n) is 2.87. The van der Waals surface area contributed by atoms with E-state index in [1.54, 1.807) is 17.4 Å². The first-order valence-corrected chi connectivity index (χ1v) is 8.66. The Morgan fingerprint density at radius 3 is 2.78 bits per heavy atom. The van der Waals surface area contributed by atoms with Crippen LogP contribution < -0.4 is 10.2 Å². The van der Waals surface area contributed by atoms with Crippen LogP contribution in [0.2, 0.25) is 0 Å². The van der Waals surface area contributed by atoms with E-state index in [1.165, 1.54) is 15.8 Å². The summed E-state index contributed by atoms with van der Waals surface area (Å²) in [6.45, 7) is 11.4. The summed E-state index contributed by atoms with van der Waals surface area (Å²) < 4.78 is 1.24. The third-order valence-corrected chi connectivity index (χ3v) is 5.12. The molecule has 0 bridgehead atoms. The maximum absolute atomic E-state index is 12.0. The summed E-state index contributed by atoms with van der Waals surface area (Å²) in [5.74, 6) is 0. The summed E-state index contributed by atoms with van der Waals surface area (Å²) >= 11 is 1.74. The number of nitrogens with zero attached hydrogens (tertiary/aromatic N) is 3. The van der Waals surface area contributed by atoms with E-state index in [1.807, 2.05) is 4.90 Å². The van der Waals surface area contributed by atoms with Crippen molar-refractivity contribution in [2.45, 2.75) is 13.8 Å². The number of anilines is 1. The van der Waals surface area contributed by atoms with Crippen LogP contribution in [-0.2, 0) is 0 Å². The smallest absolute Gasteiger partial charge is 0.317 e. The molecule has 1 fully saturated rings. The zero-order valence-electron chi connectivity index (χ0n) is 13.6. The quantitative estimate of drug-likeness (QED) is 0.880. The van der Waals surface area contributed by atoms with Gasteiger partial charge in [0.1, 0.15) is 0 Å². The van der Waals surface area contributed by atoms with Gasteiger partial charge >= 0.3 is 6.03 Å². The number of nitrogens with one attached hydrogen (secondary N) is 1. The van der Waals surface area contributed by atoms with E-state index >= 15 is 0 Å². The Balaban J connectivity index is 1.69. The maximum Gasteiger partial charge on any atom is 0.317 e. The molecule has 0 unspecified atom stereocenters. The zero-order chi connectivity index (χ0) is 16.4. The van der Waals surface area contributed by atoms with Crippen LogP contribution in [0.1, 0.15) is 11.1 Å². The van der Waals surface area contributed by atoms with Gasteiger partial charge in [-0.25, -0.2) is 9.78 Å². The Kier molecular flexibility index (Phi) is 4.52. The Morgan fingerprint density at radius 2 is 2.09 bits per heavy atom. The van der Waals surface area contributed by atoms with Gasteiger partial charge in [-0.05, 0) is 31.0 Å². The number of urea groups is 1. The average Bonchev–Trinajstić information content (AvgIpc) is 2.97. The molecule has 0 spiro atoms. The Bertz CT molecular complexity index is 732. The second-order valence-electron chi connectivity index (χ2n) is 5.87. The van der Waals surface area contributed by atoms with Gasteiger partial charge < -0.3 is 15.1 Å². The topological polar surface area (TPSA) is 48.5 Å². The van der Waals surface area contributed by atoms with Crippen LogP contribution >= 0.6 is 11.3 Å². The predicted molar refractivity (Wildman–Crippen MR) is 96.5 cm³/mol. The molecule has 2 heterocycles. The van der Waals surface area contributed by atoms with E-state index in [2.05, 4.69) is 42.8 Å². The first-order valence-electron chi connectivity index (χ1n) is 7.85. The number of aryl methyl sites for hydroxylation is 2. The lowest BCUT2D eigenvalue weighted by molar-refractivity contribution is 0.195. The van der Waals surface area contributed by atoms with Gasteiger partial charge in [0.15, 0.2) is 5.13 Å². The zero-order valence-corrected chi connectivity index (χ0v) is 14.4. The summed E-state index contributed by atoms with van der Waals surface area (Å²) in [5, 5.41) is 3.88. The lowest BCUT2D eigenvalue weighted by Gasteiger charge is -2.34. The fraction of sp³-hybridized carbons (Fsp3) is 0.412. The molecule has 2 aromatic rings. The van der Waals surface area contributed by atoms with Crippen molar-refractivity contribution < 1.29 is 4.79 Å².